The number of ketones is 1. The summed E-state index contributed by atoms with van der Waals surface area (Å²) in [4.78, 5) is 40.0. The number of methoxy groups -OCH3 is 1. The summed E-state index contributed by atoms with van der Waals surface area (Å²) in [6.45, 7) is 4.45. The molecule has 1 heterocycles. The van der Waals surface area contributed by atoms with Crippen LogP contribution in [0.4, 0.5) is 17.1 Å². The van der Waals surface area contributed by atoms with Gasteiger partial charge in [-0.15, -0.1) is 0 Å². The van der Waals surface area contributed by atoms with Crippen molar-refractivity contribution in [2.45, 2.75) is 39.3 Å². The summed E-state index contributed by atoms with van der Waals surface area (Å²) < 4.78 is 5.21. The van der Waals surface area contributed by atoms with E-state index in [4.69, 9.17) is 4.74 Å². The van der Waals surface area contributed by atoms with Crippen LogP contribution in [0.2, 0.25) is 0 Å². The van der Waals surface area contributed by atoms with E-state index in [1.807, 2.05) is 53.4 Å². The van der Waals surface area contributed by atoms with Crippen molar-refractivity contribution >= 4 is 28.8 Å². The van der Waals surface area contributed by atoms with E-state index in [0.717, 1.165) is 28.4 Å². The number of hydrogen-bond acceptors (Lipinski definition) is 7. The lowest BCUT2D eigenvalue weighted by Gasteiger charge is -2.37. The molecule has 3 aromatic rings. The molecule has 3 aromatic carbocycles. The molecule has 0 spiro atoms. The van der Waals surface area contributed by atoms with Crippen LogP contribution in [0, 0.1) is 15.5 Å². The van der Waals surface area contributed by atoms with Gasteiger partial charge in [0.2, 0.25) is 5.91 Å². The predicted octanol–water partition coefficient (Wildman–Crippen LogP) is 5.54. The maximum atomic E-state index is 13.8. The molecule has 9 nitrogen and oxygen atoms in total. The molecule has 0 fully saturated rings. The van der Waals surface area contributed by atoms with Gasteiger partial charge in [0.25, 0.3) is 5.69 Å². The standard InChI is InChI=1S/C31H32N4O5/c1-31(2)16-25-29(27(36)17-31)30(21-10-12-22(13-11-21)35(38)39)34(26-7-5-4-6-24(26)33-25)19-28(37)32-18-20-8-14-23(40-3)15-9-20/h4-15,30,33H,16-19H2,1-3H3,(H,32,37). The minimum absolute atomic E-state index is 0.00134. The Hall–Kier alpha value is -4.66. The highest BCUT2D eigenvalue weighted by Crippen LogP contribution is 2.48. The molecule has 40 heavy (non-hydrogen) atoms. The number of hydrogen-bond donors (Lipinski definition) is 2. The first-order chi connectivity index (χ1) is 19.1. The number of para-hydroxylation sites is 2. The number of amides is 1. The number of nitro groups is 1. The van der Waals surface area contributed by atoms with Crippen molar-refractivity contribution < 1.29 is 19.2 Å². The van der Waals surface area contributed by atoms with E-state index >= 15 is 0 Å². The van der Waals surface area contributed by atoms with Crippen molar-refractivity contribution in [2.75, 3.05) is 23.9 Å². The van der Waals surface area contributed by atoms with E-state index in [1.165, 1.54) is 12.1 Å². The number of Topliss-reactive ketones (excluding diaryl/α,β-unsaturated/α-hetero) is 1. The van der Waals surface area contributed by atoms with E-state index in [9.17, 15) is 19.7 Å². The zero-order chi connectivity index (χ0) is 28.4. The van der Waals surface area contributed by atoms with Crippen molar-refractivity contribution in [1.29, 1.82) is 0 Å². The fourth-order valence-electron chi connectivity index (χ4n) is 5.51. The van der Waals surface area contributed by atoms with Crippen LogP contribution in [0.5, 0.6) is 5.75 Å². The second-order valence-corrected chi connectivity index (χ2v) is 11.0. The maximum absolute atomic E-state index is 13.8. The zero-order valence-electron chi connectivity index (χ0n) is 22.8. The smallest absolute Gasteiger partial charge is 0.269 e. The van der Waals surface area contributed by atoms with Crippen molar-refractivity contribution in [2.24, 2.45) is 5.41 Å². The Morgan fingerprint density at radius 3 is 2.45 bits per heavy atom. The Morgan fingerprint density at radius 2 is 1.77 bits per heavy atom. The quantitative estimate of drug-likeness (QED) is 0.299. The molecule has 2 aliphatic rings. The fourth-order valence-corrected chi connectivity index (χ4v) is 5.51. The number of carbonyl (C=O) groups excluding carboxylic acids is 2. The zero-order valence-corrected chi connectivity index (χ0v) is 22.8. The Balaban J connectivity index is 1.54. The van der Waals surface area contributed by atoms with Crippen LogP contribution in [0.1, 0.15) is 43.9 Å². The molecule has 9 heteroatoms. The molecule has 0 aromatic heterocycles. The Morgan fingerprint density at radius 1 is 1.07 bits per heavy atom. The molecule has 1 aliphatic carbocycles. The van der Waals surface area contributed by atoms with Gasteiger partial charge >= 0.3 is 0 Å². The summed E-state index contributed by atoms with van der Waals surface area (Å²) in [5, 5.41) is 17.9. The van der Waals surface area contributed by atoms with Crippen molar-refractivity contribution in [1.82, 2.24) is 5.32 Å². The summed E-state index contributed by atoms with van der Waals surface area (Å²) in [6.07, 6.45) is 1.02. The van der Waals surface area contributed by atoms with Gasteiger partial charge in [-0.25, -0.2) is 0 Å². The largest absolute Gasteiger partial charge is 0.497 e. The number of fused-ring (bicyclic) bond motifs is 1. The number of carbonyl (C=O) groups is 2. The molecule has 0 saturated heterocycles. The Labute approximate surface area is 233 Å². The van der Waals surface area contributed by atoms with Gasteiger partial charge in [0.05, 0.1) is 36.0 Å². The highest BCUT2D eigenvalue weighted by Gasteiger charge is 2.42. The van der Waals surface area contributed by atoms with Gasteiger partial charge in [-0.1, -0.05) is 38.1 Å². The maximum Gasteiger partial charge on any atom is 0.269 e. The molecule has 0 radical (unpaired) electrons. The monoisotopic (exact) mass is 540 g/mol. The fraction of sp³-hybridized carbons (Fsp3) is 0.290. The molecule has 206 valence electrons. The lowest BCUT2D eigenvalue weighted by Crippen LogP contribution is -2.41. The summed E-state index contributed by atoms with van der Waals surface area (Å²) in [7, 11) is 1.60. The van der Waals surface area contributed by atoms with E-state index in [2.05, 4.69) is 24.5 Å². The van der Waals surface area contributed by atoms with Gasteiger partial charge < -0.3 is 20.3 Å². The van der Waals surface area contributed by atoms with Crippen LogP contribution < -0.4 is 20.3 Å². The molecule has 0 saturated carbocycles. The van der Waals surface area contributed by atoms with Gasteiger partial charge in [0, 0.05) is 36.4 Å². The molecule has 1 atom stereocenters. The van der Waals surface area contributed by atoms with Gasteiger partial charge in [-0.05, 0) is 59.4 Å². The number of nitrogens with zero attached hydrogens (tertiary/aromatic N) is 2. The van der Waals surface area contributed by atoms with Crippen molar-refractivity contribution in [3.8, 4) is 5.75 Å². The molecule has 0 bridgehead atoms. The Bertz CT molecular complexity index is 1480. The second kappa shape index (κ2) is 10.8. The topological polar surface area (TPSA) is 114 Å². The van der Waals surface area contributed by atoms with Crippen LogP contribution in [0.3, 0.4) is 0 Å². The number of anilines is 2. The second-order valence-electron chi connectivity index (χ2n) is 11.0. The predicted molar refractivity (Wildman–Crippen MR) is 153 cm³/mol. The average Bonchev–Trinajstić information content (AvgIpc) is 3.06. The number of nitrogens with one attached hydrogen (secondary N) is 2. The number of ether oxygens (including phenoxy) is 1. The number of nitro benzene ring substituents is 1. The third kappa shape index (κ3) is 5.54. The lowest BCUT2D eigenvalue weighted by molar-refractivity contribution is -0.384. The van der Waals surface area contributed by atoms with Gasteiger partial charge in [0.15, 0.2) is 5.78 Å². The minimum Gasteiger partial charge on any atom is -0.497 e. The van der Waals surface area contributed by atoms with Crippen LogP contribution in [-0.2, 0) is 16.1 Å². The summed E-state index contributed by atoms with van der Waals surface area (Å²) in [5.41, 5.74) is 4.33. The first-order valence-corrected chi connectivity index (χ1v) is 13.2. The summed E-state index contributed by atoms with van der Waals surface area (Å²) in [6, 6.07) is 20.8. The summed E-state index contributed by atoms with van der Waals surface area (Å²) in [5.74, 6) is 0.516. The molecular weight excluding hydrogens is 508 g/mol. The molecule has 2 N–H and O–H groups in total. The molecule has 1 amide bonds. The highest BCUT2D eigenvalue weighted by molar-refractivity contribution is 6.01. The van der Waals surface area contributed by atoms with Gasteiger partial charge in [0.1, 0.15) is 5.75 Å². The van der Waals surface area contributed by atoms with Crippen LogP contribution in [0.15, 0.2) is 84.1 Å². The van der Waals surface area contributed by atoms with Crippen LogP contribution in [-0.4, -0.2) is 30.3 Å². The van der Waals surface area contributed by atoms with E-state index in [1.54, 1.807) is 19.2 Å². The minimum atomic E-state index is -0.609. The van der Waals surface area contributed by atoms with E-state index in [0.29, 0.717) is 30.5 Å². The van der Waals surface area contributed by atoms with Crippen LogP contribution in [0.25, 0.3) is 0 Å². The molecule has 1 aliphatic heterocycles. The third-order valence-electron chi connectivity index (χ3n) is 7.39. The van der Waals surface area contributed by atoms with Gasteiger partial charge in [-0.3, -0.25) is 19.7 Å². The summed E-state index contributed by atoms with van der Waals surface area (Å²) >= 11 is 0. The normalized spacial score (nSPS) is 17.7. The van der Waals surface area contributed by atoms with Crippen molar-refractivity contribution in [3.63, 3.8) is 0 Å². The first-order valence-electron chi connectivity index (χ1n) is 13.2. The molecule has 1 unspecified atom stereocenters. The first kappa shape index (κ1) is 26.9. The SMILES string of the molecule is COc1ccc(CNC(=O)CN2c3ccccc3NC3=C(C(=O)CC(C)(C)C3)C2c2ccc([N+](=O)[O-])cc2)cc1. The number of non-ortho nitro benzene ring substituents is 1. The van der Waals surface area contributed by atoms with E-state index < -0.39 is 11.0 Å². The third-order valence-corrected chi connectivity index (χ3v) is 7.39. The Kier molecular flexibility index (Phi) is 7.30. The number of allylic oxidation sites excluding steroid dienone is 1. The molecular formula is C31H32N4O5. The van der Waals surface area contributed by atoms with Crippen LogP contribution >= 0.6 is 0 Å². The number of rotatable bonds is 7. The highest BCUT2D eigenvalue weighted by atomic mass is 16.6. The van der Waals surface area contributed by atoms with Crippen molar-refractivity contribution in [3.05, 3.63) is 105 Å². The number of benzene rings is 3. The molecule has 5 rings (SSSR count). The van der Waals surface area contributed by atoms with E-state index in [-0.39, 0.29) is 29.3 Å². The van der Waals surface area contributed by atoms with Gasteiger partial charge in [-0.2, -0.15) is 0 Å². The average molecular weight is 541 g/mol. The lowest BCUT2D eigenvalue weighted by atomic mass is 9.73.